The molecule has 1 atom stereocenters. The topological polar surface area (TPSA) is 63.9 Å². The van der Waals surface area contributed by atoms with Crippen LogP contribution in [0.1, 0.15) is 28.7 Å². The highest BCUT2D eigenvalue weighted by atomic mass is 35.5. The molecule has 0 bridgehead atoms. The van der Waals surface area contributed by atoms with Gasteiger partial charge in [0, 0.05) is 25.3 Å². The predicted molar refractivity (Wildman–Crippen MR) is 99.0 cm³/mol. The van der Waals surface area contributed by atoms with Crippen LogP contribution in [-0.2, 0) is 19.3 Å². The van der Waals surface area contributed by atoms with Gasteiger partial charge in [-0.05, 0) is 30.7 Å². The molecule has 1 aliphatic heterocycles. The highest BCUT2D eigenvalue weighted by molar-refractivity contribution is 6.32. The number of fused-ring (bicyclic) bond motifs is 1. The lowest BCUT2D eigenvalue weighted by molar-refractivity contribution is -0.137. The zero-order chi connectivity index (χ0) is 20.8. The van der Waals surface area contributed by atoms with Gasteiger partial charge < -0.3 is 4.90 Å². The molecule has 0 radical (unpaired) electrons. The third-order valence-electron chi connectivity index (χ3n) is 4.80. The van der Waals surface area contributed by atoms with E-state index in [2.05, 4.69) is 15.2 Å². The third-order valence-corrected chi connectivity index (χ3v) is 5.25. The third kappa shape index (κ3) is 3.46. The molecule has 1 unspecified atom stereocenters. The minimum absolute atomic E-state index is 0.0610. The first kappa shape index (κ1) is 19.4. The lowest BCUT2D eigenvalue weighted by Crippen LogP contribution is -2.46. The molecule has 10 heteroatoms. The van der Waals surface area contributed by atoms with Crippen molar-refractivity contribution < 1.29 is 18.0 Å². The van der Waals surface area contributed by atoms with E-state index in [0.29, 0.717) is 18.1 Å². The summed E-state index contributed by atoms with van der Waals surface area (Å²) in [7, 11) is 0. The van der Waals surface area contributed by atoms with Crippen molar-refractivity contribution in [3.8, 4) is 11.5 Å². The molecule has 0 fully saturated rings. The van der Waals surface area contributed by atoms with Crippen molar-refractivity contribution in [3.63, 3.8) is 0 Å². The van der Waals surface area contributed by atoms with Crippen molar-refractivity contribution in [2.75, 3.05) is 0 Å². The summed E-state index contributed by atoms with van der Waals surface area (Å²) in [5.41, 5.74) is -0.116. The molecule has 0 N–H and O–H groups in total. The number of carbonyl (C=O) groups excluding carboxylic acids is 1. The number of hydrogen-bond acceptors (Lipinski definition) is 4. The fourth-order valence-electron chi connectivity index (χ4n) is 3.34. The minimum Gasteiger partial charge on any atom is -0.327 e. The second kappa shape index (κ2) is 7.14. The van der Waals surface area contributed by atoms with Gasteiger partial charge in [0.1, 0.15) is 5.69 Å². The maximum Gasteiger partial charge on any atom is 0.417 e. The first-order chi connectivity index (χ1) is 13.8. The van der Waals surface area contributed by atoms with Gasteiger partial charge in [0.15, 0.2) is 5.82 Å². The standard InChI is InChI=1S/C19H15ClF3N5O/c1-11-9-28-16(14-7-2-3-8-24-14)25-26-17(28)18(29)27(11)10-12-5-4-6-13(15(12)20)19(21,22)23/h2-8,11H,9-10H2,1H3. The van der Waals surface area contributed by atoms with E-state index in [1.54, 1.807) is 29.0 Å². The molecular weight excluding hydrogens is 407 g/mol. The van der Waals surface area contributed by atoms with Crippen LogP contribution in [0.25, 0.3) is 11.5 Å². The molecule has 0 saturated heterocycles. The zero-order valence-electron chi connectivity index (χ0n) is 15.2. The summed E-state index contributed by atoms with van der Waals surface area (Å²) in [6, 6.07) is 8.72. The molecule has 3 aromatic rings. The number of nitrogens with zero attached hydrogens (tertiary/aromatic N) is 5. The summed E-state index contributed by atoms with van der Waals surface area (Å²) < 4.78 is 41.1. The second-order valence-electron chi connectivity index (χ2n) is 6.73. The molecule has 0 spiro atoms. The molecule has 6 nitrogen and oxygen atoms in total. The van der Waals surface area contributed by atoms with Gasteiger partial charge in [-0.25, -0.2) is 0 Å². The van der Waals surface area contributed by atoms with Crippen LogP contribution in [0.5, 0.6) is 0 Å². The van der Waals surface area contributed by atoms with Crippen LogP contribution in [0.2, 0.25) is 5.02 Å². The Hall–Kier alpha value is -2.94. The van der Waals surface area contributed by atoms with Crippen LogP contribution in [0, 0.1) is 0 Å². The Bertz CT molecular complexity index is 1070. The van der Waals surface area contributed by atoms with E-state index in [0.717, 1.165) is 6.07 Å². The quantitative estimate of drug-likeness (QED) is 0.640. The molecule has 1 amide bonds. The van der Waals surface area contributed by atoms with Crippen LogP contribution in [0.15, 0.2) is 42.6 Å². The van der Waals surface area contributed by atoms with Gasteiger partial charge in [0.05, 0.1) is 10.6 Å². The van der Waals surface area contributed by atoms with Gasteiger partial charge >= 0.3 is 6.18 Å². The normalized spacial score (nSPS) is 16.8. The van der Waals surface area contributed by atoms with Crippen molar-refractivity contribution in [2.24, 2.45) is 0 Å². The maximum absolute atomic E-state index is 13.1. The predicted octanol–water partition coefficient (Wildman–Crippen LogP) is 4.06. The Labute approximate surface area is 168 Å². The lowest BCUT2D eigenvalue weighted by atomic mass is 10.1. The fourth-order valence-corrected chi connectivity index (χ4v) is 3.63. The molecule has 0 saturated carbocycles. The molecule has 4 rings (SSSR count). The van der Waals surface area contributed by atoms with Crippen molar-refractivity contribution in [2.45, 2.75) is 32.2 Å². The number of benzene rings is 1. The first-order valence-corrected chi connectivity index (χ1v) is 9.15. The van der Waals surface area contributed by atoms with Gasteiger partial charge in [-0.15, -0.1) is 10.2 Å². The van der Waals surface area contributed by atoms with Crippen molar-refractivity contribution in [3.05, 3.63) is 64.6 Å². The number of alkyl halides is 3. The van der Waals surface area contributed by atoms with Crippen molar-refractivity contribution in [1.29, 1.82) is 0 Å². The summed E-state index contributed by atoms with van der Waals surface area (Å²) in [6.07, 6.45) is -2.95. The average molecular weight is 422 g/mol. The van der Waals surface area contributed by atoms with E-state index >= 15 is 0 Å². The van der Waals surface area contributed by atoms with Crippen LogP contribution in [-0.4, -0.2) is 36.6 Å². The smallest absolute Gasteiger partial charge is 0.327 e. The second-order valence-corrected chi connectivity index (χ2v) is 7.11. The number of rotatable bonds is 3. The van der Waals surface area contributed by atoms with E-state index in [1.165, 1.54) is 17.0 Å². The first-order valence-electron chi connectivity index (χ1n) is 8.77. The van der Waals surface area contributed by atoms with Crippen LogP contribution >= 0.6 is 11.6 Å². The largest absolute Gasteiger partial charge is 0.417 e. The molecular formula is C19H15ClF3N5O. The summed E-state index contributed by atoms with van der Waals surface area (Å²) in [5, 5.41) is 7.67. The molecule has 150 valence electrons. The molecule has 2 aromatic heterocycles. The van der Waals surface area contributed by atoms with Crippen molar-refractivity contribution in [1.82, 2.24) is 24.6 Å². The van der Waals surface area contributed by atoms with Gasteiger partial charge in [-0.1, -0.05) is 29.8 Å². The van der Waals surface area contributed by atoms with Gasteiger partial charge in [0.2, 0.25) is 5.82 Å². The number of aromatic nitrogens is 4. The molecule has 29 heavy (non-hydrogen) atoms. The summed E-state index contributed by atoms with van der Waals surface area (Å²) in [4.78, 5) is 18.7. The number of hydrogen-bond donors (Lipinski definition) is 0. The van der Waals surface area contributed by atoms with E-state index in [4.69, 9.17) is 11.6 Å². The number of carbonyl (C=O) groups is 1. The van der Waals surface area contributed by atoms with E-state index < -0.39 is 22.7 Å². The van der Waals surface area contributed by atoms with Gasteiger partial charge in [-0.3, -0.25) is 14.3 Å². The van der Waals surface area contributed by atoms with Crippen LogP contribution in [0.3, 0.4) is 0 Å². The Balaban J connectivity index is 1.66. The fraction of sp³-hybridized carbons (Fsp3) is 0.263. The van der Waals surface area contributed by atoms with Crippen LogP contribution < -0.4 is 0 Å². The molecule has 3 heterocycles. The molecule has 1 aromatic carbocycles. The minimum atomic E-state index is -4.57. The van der Waals surface area contributed by atoms with Gasteiger partial charge in [0.25, 0.3) is 5.91 Å². The van der Waals surface area contributed by atoms with Crippen molar-refractivity contribution >= 4 is 17.5 Å². The van der Waals surface area contributed by atoms with E-state index in [-0.39, 0.29) is 24.0 Å². The van der Waals surface area contributed by atoms with Gasteiger partial charge in [-0.2, -0.15) is 13.2 Å². The monoisotopic (exact) mass is 421 g/mol. The highest BCUT2D eigenvalue weighted by Gasteiger charge is 2.37. The Morgan fingerprint density at radius 1 is 1.14 bits per heavy atom. The SMILES string of the molecule is CC1Cn2c(nnc2-c2ccccn2)C(=O)N1Cc1cccc(C(F)(F)F)c1Cl. The lowest BCUT2D eigenvalue weighted by Gasteiger charge is -2.34. The summed E-state index contributed by atoms with van der Waals surface area (Å²) in [5.74, 6) is 0.163. The summed E-state index contributed by atoms with van der Waals surface area (Å²) in [6.45, 7) is 2.13. The Morgan fingerprint density at radius 3 is 2.59 bits per heavy atom. The Morgan fingerprint density at radius 2 is 1.90 bits per heavy atom. The number of halogens is 4. The molecule has 0 aliphatic carbocycles. The summed E-state index contributed by atoms with van der Waals surface area (Å²) >= 11 is 5.99. The zero-order valence-corrected chi connectivity index (χ0v) is 15.9. The number of amides is 1. The molecule has 1 aliphatic rings. The van der Waals surface area contributed by atoms with Crippen LogP contribution in [0.4, 0.5) is 13.2 Å². The average Bonchev–Trinajstić information content (AvgIpc) is 3.10. The van der Waals surface area contributed by atoms with E-state index in [9.17, 15) is 18.0 Å². The van der Waals surface area contributed by atoms with E-state index in [1.807, 2.05) is 6.92 Å². The number of pyridine rings is 1. The highest BCUT2D eigenvalue weighted by Crippen LogP contribution is 2.37. The Kier molecular flexibility index (Phi) is 4.77. The maximum atomic E-state index is 13.1.